The maximum absolute atomic E-state index is 12.2. The van der Waals surface area contributed by atoms with Crippen molar-refractivity contribution >= 4 is 46.0 Å². The summed E-state index contributed by atoms with van der Waals surface area (Å²) in [5, 5.41) is 11.0. The van der Waals surface area contributed by atoms with Crippen molar-refractivity contribution in [2.75, 3.05) is 17.2 Å². The lowest BCUT2D eigenvalue weighted by Crippen LogP contribution is -2.30. The molecule has 0 aliphatic heterocycles. The molecule has 0 saturated heterocycles. The lowest BCUT2D eigenvalue weighted by atomic mass is 10.1. The van der Waals surface area contributed by atoms with E-state index >= 15 is 0 Å². The fraction of sp³-hybridized carbons (Fsp3) is 0.0769. The zero-order valence-corrected chi connectivity index (χ0v) is 18.8. The lowest BCUT2D eigenvalue weighted by molar-refractivity contribution is 0.252. The molecule has 0 aliphatic rings. The number of anilines is 3. The van der Waals surface area contributed by atoms with Crippen molar-refractivity contribution in [3.05, 3.63) is 107 Å². The normalized spacial score (nSPS) is 11.1. The van der Waals surface area contributed by atoms with E-state index in [0.29, 0.717) is 12.4 Å². The van der Waals surface area contributed by atoms with Crippen LogP contribution in [0.2, 0.25) is 0 Å². The average Bonchev–Trinajstić information content (AvgIpc) is 3.38. The molecule has 0 bridgehead atoms. The van der Waals surface area contributed by atoms with Crippen LogP contribution >= 0.6 is 11.3 Å². The number of carbonyl (C=O) groups is 1. The van der Waals surface area contributed by atoms with Crippen LogP contribution in [0, 0.1) is 0 Å². The van der Waals surface area contributed by atoms with Gasteiger partial charge in [-0.1, -0.05) is 36.4 Å². The molecule has 3 aromatic carbocycles. The van der Waals surface area contributed by atoms with Crippen LogP contribution in [0.5, 0.6) is 0 Å². The standard InChI is InChI=1S/C26H25N5OS/c27-25(24-7-4-18-33-24)30-22-10-8-19(9-11-22)16-17-28-26(32)31-23-14-12-21(13-15-23)29-20-5-2-1-3-6-20/h1-15,18,29H,16-17H2,(H2,27,30)(H2,28,31,32). The van der Waals surface area contributed by atoms with Gasteiger partial charge >= 0.3 is 6.03 Å². The molecule has 0 unspecified atom stereocenters. The van der Waals surface area contributed by atoms with Gasteiger partial charge in [0.25, 0.3) is 0 Å². The number of hydrogen-bond acceptors (Lipinski definition) is 4. The lowest BCUT2D eigenvalue weighted by Gasteiger charge is -2.10. The zero-order chi connectivity index (χ0) is 22.9. The van der Waals surface area contributed by atoms with Gasteiger partial charge in [-0.15, -0.1) is 11.3 Å². The second-order valence-corrected chi connectivity index (χ2v) is 8.29. The van der Waals surface area contributed by atoms with Gasteiger partial charge in [-0.3, -0.25) is 0 Å². The molecule has 0 saturated carbocycles. The van der Waals surface area contributed by atoms with Crippen molar-refractivity contribution in [1.29, 1.82) is 0 Å². The SMILES string of the molecule is NC(=Nc1ccc(CCNC(=O)Nc2ccc(Nc3ccccc3)cc2)cc1)c1cccs1. The maximum Gasteiger partial charge on any atom is 0.319 e. The molecule has 33 heavy (non-hydrogen) atoms. The Kier molecular flexibility index (Phi) is 7.35. The molecule has 1 heterocycles. The Hall–Kier alpha value is -4.10. The van der Waals surface area contributed by atoms with Gasteiger partial charge < -0.3 is 21.7 Å². The fourth-order valence-corrected chi connectivity index (χ4v) is 3.80. The molecular formula is C26H25N5OS. The van der Waals surface area contributed by atoms with E-state index in [1.54, 1.807) is 11.3 Å². The first-order valence-corrected chi connectivity index (χ1v) is 11.5. The summed E-state index contributed by atoms with van der Waals surface area (Å²) in [7, 11) is 0. The predicted octanol–water partition coefficient (Wildman–Crippen LogP) is 5.89. The van der Waals surface area contributed by atoms with Crippen LogP contribution in [0.1, 0.15) is 10.4 Å². The first kappa shape index (κ1) is 22.1. The molecule has 166 valence electrons. The second-order valence-electron chi connectivity index (χ2n) is 7.34. The number of benzene rings is 3. The van der Waals surface area contributed by atoms with E-state index in [1.165, 1.54) is 0 Å². The Morgan fingerprint density at radius 1 is 0.818 bits per heavy atom. The monoisotopic (exact) mass is 455 g/mol. The highest BCUT2D eigenvalue weighted by molar-refractivity contribution is 7.12. The predicted molar refractivity (Wildman–Crippen MR) is 138 cm³/mol. The minimum absolute atomic E-state index is 0.233. The third-order valence-corrected chi connectivity index (χ3v) is 5.76. The zero-order valence-electron chi connectivity index (χ0n) is 18.0. The minimum atomic E-state index is -0.233. The first-order valence-electron chi connectivity index (χ1n) is 10.6. The van der Waals surface area contributed by atoms with Gasteiger partial charge in [0.15, 0.2) is 0 Å². The van der Waals surface area contributed by atoms with E-state index < -0.39 is 0 Å². The summed E-state index contributed by atoms with van der Waals surface area (Å²) in [4.78, 5) is 17.6. The Morgan fingerprint density at radius 2 is 1.52 bits per heavy atom. The number of nitrogens with one attached hydrogen (secondary N) is 3. The number of nitrogens with zero attached hydrogens (tertiary/aromatic N) is 1. The number of amidine groups is 1. The van der Waals surface area contributed by atoms with Gasteiger partial charge in [-0.05, 0) is 72.0 Å². The highest BCUT2D eigenvalue weighted by atomic mass is 32.1. The van der Waals surface area contributed by atoms with E-state index in [4.69, 9.17) is 5.73 Å². The number of hydrogen-bond donors (Lipinski definition) is 4. The summed E-state index contributed by atoms with van der Waals surface area (Å²) in [6, 6.07) is 29.1. The highest BCUT2D eigenvalue weighted by Gasteiger charge is 2.03. The third-order valence-electron chi connectivity index (χ3n) is 4.86. The second kappa shape index (κ2) is 11.0. The maximum atomic E-state index is 12.2. The molecule has 0 fully saturated rings. The number of urea groups is 1. The molecule has 0 spiro atoms. The number of rotatable bonds is 8. The van der Waals surface area contributed by atoms with E-state index in [2.05, 4.69) is 20.9 Å². The largest absolute Gasteiger partial charge is 0.383 e. The van der Waals surface area contributed by atoms with Crippen molar-refractivity contribution in [3.8, 4) is 0 Å². The Labute approximate surface area is 197 Å². The molecule has 0 aliphatic carbocycles. The molecule has 7 heteroatoms. The number of para-hydroxylation sites is 1. The number of amides is 2. The molecule has 6 nitrogen and oxygen atoms in total. The molecule has 5 N–H and O–H groups in total. The van der Waals surface area contributed by atoms with Gasteiger partial charge in [-0.2, -0.15) is 0 Å². The van der Waals surface area contributed by atoms with Gasteiger partial charge in [-0.25, -0.2) is 9.79 Å². The van der Waals surface area contributed by atoms with Crippen LogP contribution < -0.4 is 21.7 Å². The van der Waals surface area contributed by atoms with Gasteiger partial charge in [0.05, 0.1) is 10.6 Å². The third kappa shape index (κ3) is 6.69. The first-order chi connectivity index (χ1) is 16.2. The number of carbonyl (C=O) groups excluding carboxylic acids is 1. The molecule has 0 atom stereocenters. The number of thiophene rings is 1. The van der Waals surface area contributed by atoms with Gasteiger partial charge in [0, 0.05) is 23.6 Å². The summed E-state index contributed by atoms with van der Waals surface area (Å²) in [5.41, 5.74) is 10.7. The van der Waals surface area contributed by atoms with Crippen molar-refractivity contribution in [2.45, 2.75) is 6.42 Å². The quantitative estimate of drug-likeness (QED) is 0.197. The van der Waals surface area contributed by atoms with E-state index in [-0.39, 0.29) is 6.03 Å². The smallest absolute Gasteiger partial charge is 0.319 e. The summed E-state index contributed by atoms with van der Waals surface area (Å²) in [6.07, 6.45) is 0.720. The molecule has 4 aromatic rings. The van der Waals surface area contributed by atoms with Crippen molar-refractivity contribution in [2.24, 2.45) is 10.7 Å². The van der Waals surface area contributed by atoms with E-state index in [1.807, 2.05) is 96.4 Å². The van der Waals surface area contributed by atoms with Crippen molar-refractivity contribution in [3.63, 3.8) is 0 Å². The van der Waals surface area contributed by atoms with Gasteiger partial charge in [0.1, 0.15) is 5.84 Å². The molecule has 4 rings (SSSR count). The van der Waals surface area contributed by atoms with Crippen LogP contribution in [0.25, 0.3) is 0 Å². The van der Waals surface area contributed by atoms with E-state index in [9.17, 15) is 4.79 Å². The molecule has 2 amide bonds. The van der Waals surface area contributed by atoms with E-state index in [0.717, 1.165) is 39.6 Å². The molecular weight excluding hydrogens is 430 g/mol. The minimum Gasteiger partial charge on any atom is -0.383 e. The summed E-state index contributed by atoms with van der Waals surface area (Å²) < 4.78 is 0. The molecule has 1 aromatic heterocycles. The van der Waals surface area contributed by atoms with Crippen molar-refractivity contribution < 1.29 is 4.79 Å². The Morgan fingerprint density at radius 3 is 2.21 bits per heavy atom. The summed E-state index contributed by atoms with van der Waals surface area (Å²) in [6.45, 7) is 0.527. The topological polar surface area (TPSA) is 91.5 Å². The number of nitrogens with two attached hydrogens (primary N) is 1. The fourth-order valence-electron chi connectivity index (χ4n) is 3.18. The summed E-state index contributed by atoms with van der Waals surface area (Å²) >= 11 is 1.56. The van der Waals surface area contributed by atoms with Crippen LogP contribution in [0.3, 0.4) is 0 Å². The Bertz CT molecular complexity index is 1190. The number of aliphatic imine (C=N–C) groups is 1. The average molecular weight is 456 g/mol. The van der Waals surface area contributed by atoms with Crippen LogP contribution in [-0.4, -0.2) is 18.4 Å². The Balaban J connectivity index is 1.21. The van der Waals surface area contributed by atoms with Gasteiger partial charge in [0.2, 0.25) is 0 Å². The molecule has 0 radical (unpaired) electrons. The summed E-state index contributed by atoms with van der Waals surface area (Å²) in [5.74, 6) is 0.514. The van der Waals surface area contributed by atoms with Crippen molar-refractivity contribution in [1.82, 2.24) is 5.32 Å². The van der Waals surface area contributed by atoms with Crippen LogP contribution in [0.4, 0.5) is 27.5 Å². The van der Waals surface area contributed by atoms with Crippen LogP contribution in [-0.2, 0) is 6.42 Å². The highest BCUT2D eigenvalue weighted by Crippen LogP contribution is 2.19. The van der Waals surface area contributed by atoms with Crippen LogP contribution in [0.15, 0.2) is 101 Å².